The maximum absolute atomic E-state index is 12.8. The van der Waals surface area contributed by atoms with Crippen LogP contribution in [0.5, 0.6) is 0 Å². The molecule has 0 aliphatic heterocycles. The Morgan fingerprint density at radius 1 is 0.589 bits per heavy atom. The molecule has 0 saturated heterocycles. The van der Waals surface area contributed by atoms with Gasteiger partial charge in [-0.15, -0.1) is 0 Å². The van der Waals surface area contributed by atoms with Crippen LogP contribution in [0.4, 0.5) is 0 Å². The van der Waals surface area contributed by atoms with Gasteiger partial charge in [0.15, 0.2) is 0 Å². The molecule has 0 aromatic heterocycles. The Morgan fingerprint density at radius 2 is 0.946 bits per heavy atom. The van der Waals surface area contributed by atoms with E-state index in [4.69, 9.17) is 9.05 Å². The lowest BCUT2D eigenvalue weighted by atomic mass is 10.0. The fourth-order valence-corrected chi connectivity index (χ4v) is 7.90. The van der Waals surface area contributed by atoms with Crippen LogP contribution < -0.4 is 5.32 Å². The minimum Gasteiger partial charge on any atom is -0.387 e. The molecule has 0 aliphatic carbocycles. The Bertz CT molecular complexity index is 927. The van der Waals surface area contributed by atoms with E-state index in [-0.39, 0.29) is 19.1 Å². The van der Waals surface area contributed by atoms with Gasteiger partial charge in [0.25, 0.3) is 0 Å². The van der Waals surface area contributed by atoms with Gasteiger partial charge < -0.3 is 19.8 Å². The highest BCUT2D eigenvalue weighted by atomic mass is 31.2. The maximum atomic E-state index is 12.8. The number of aliphatic hydroxyl groups is 1. The number of aliphatic hydroxyl groups excluding tert-OH is 1. The average Bonchev–Trinajstić information content (AvgIpc) is 3.15. The van der Waals surface area contributed by atoms with Crippen molar-refractivity contribution in [2.75, 3.05) is 40.9 Å². The van der Waals surface area contributed by atoms with Crippen LogP contribution in [0.25, 0.3) is 0 Å². The summed E-state index contributed by atoms with van der Waals surface area (Å²) in [6.07, 6.45) is 45.8. The predicted octanol–water partition coefficient (Wildman–Crippen LogP) is 13.5. The van der Waals surface area contributed by atoms with Crippen molar-refractivity contribution in [1.82, 2.24) is 5.32 Å². The van der Waals surface area contributed by atoms with Gasteiger partial charge in [0.1, 0.15) is 13.2 Å². The summed E-state index contributed by atoms with van der Waals surface area (Å²) in [7, 11) is 1.58. The highest BCUT2D eigenvalue weighted by Gasteiger charge is 2.27. The third-order valence-corrected chi connectivity index (χ3v) is 12.0. The number of phosphoric ester groups is 1. The average molecular weight is 816 g/mol. The molecule has 0 fully saturated rings. The van der Waals surface area contributed by atoms with E-state index in [1.807, 2.05) is 27.2 Å². The van der Waals surface area contributed by atoms with E-state index in [0.29, 0.717) is 17.4 Å². The Balaban J connectivity index is 4.24. The number of rotatable bonds is 44. The number of carbonyl (C=O) groups excluding carboxylic acids is 1. The van der Waals surface area contributed by atoms with Crippen molar-refractivity contribution in [3.8, 4) is 0 Å². The van der Waals surface area contributed by atoms with Crippen molar-refractivity contribution in [2.45, 2.75) is 244 Å². The number of allylic oxidation sites excluding steroid dienone is 1. The summed E-state index contributed by atoms with van der Waals surface area (Å²) in [4.78, 5) is 23.1. The largest absolute Gasteiger partial charge is 0.472 e. The fourth-order valence-electron chi connectivity index (χ4n) is 7.16. The van der Waals surface area contributed by atoms with Crippen LogP contribution in [0.3, 0.4) is 0 Å². The zero-order chi connectivity index (χ0) is 41.4. The summed E-state index contributed by atoms with van der Waals surface area (Å²) in [6, 6.07) is -0.839. The van der Waals surface area contributed by atoms with Gasteiger partial charge in [-0.3, -0.25) is 13.8 Å². The second-order valence-corrected chi connectivity index (χ2v) is 19.3. The molecule has 0 spiro atoms. The number of likely N-dealkylation sites (N-methyl/N-ethyl adjacent to an activating group) is 1. The Labute approximate surface area is 348 Å². The molecular formula is C47H96N2O6P+. The van der Waals surface area contributed by atoms with E-state index in [1.54, 1.807) is 6.08 Å². The lowest BCUT2D eigenvalue weighted by molar-refractivity contribution is -0.870. The van der Waals surface area contributed by atoms with Crippen molar-refractivity contribution in [3.05, 3.63) is 12.2 Å². The molecule has 3 N–H and O–H groups in total. The van der Waals surface area contributed by atoms with E-state index in [2.05, 4.69) is 19.2 Å². The summed E-state index contributed by atoms with van der Waals surface area (Å²) in [5, 5.41) is 13.8. The zero-order valence-electron chi connectivity index (χ0n) is 37.9. The molecule has 0 radical (unpaired) electrons. The molecule has 1 amide bonds. The van der Waals surface area contributed by atoms with Crippen molar-refractivity contribution < 1.29 is 32.9 Å². The van der Waals surface area contributed by atoms with Gasteiger partial charge in [-0.1, -0.05) is 219 Å². The summed E-state index contributed by atoms with van der Waals surface area (Å²) in [5.74, 6) is -0.176. The van der Waals surface area contributed by atoms with Crippen LogP contribution in [0.2, 0.25) is 0 Å². The SMILES string of the molecule is CCCCCCCCCCCCCCCCCCCCCCC/C=C/C(O)C(COP(=O)(O)OCC[N+](C)(C)C)NC(=O)CCCCCCCCCCCCC. The Morgan fingerprint density at radius 3 is 1.32 bits per heavy atom. The van der Waals surface area contributed by atoms with Crippen LogP contribution in [0.15, 0.2) is 12.2 Å². The number of nitrogens with zero attached hydrogens (tertiary/aromatic N) is 1. The second-order valence-electron chi connectivity index (χ2n) is 17.8. The minimum atomic E-state index is -4.33. The number of quaternary nitrogens is 1. The fraction of sp³-hybridized carbons (Fsp3) is 0.936. The molecule has 0 heterocycles. The molecule has 8 nitrogen and oxygen atoms in total. The molecule has 3 atom stereocenters. The predicted molar refractivity (Wildman–Crippen MR) is 240 cm³/mol. The third kappa shape index (κ3) is 41.4. The van der Waals surface area contributed by atoms with Crippen LogP contribution in [0.1, 0.15) is 232 Å². The van der Waals surface area contributed by atoms with Gasteiger partial charge in [-0.25, -0.2) is 4.57 Å². The van der Waals surface area contributed by atoms with Crippen LogP contribution >= 0.6 is 7.82 Å². The van der Waals surface area contributed by atoms with Gasteiger partial charge in [0, 0.05) is 6.42 Å². The van der Waals surface area contributed by atoms with Crippen molar-refractivity contribution in [3.63, 3.8) is 0 Å². The molecule has 56 heavy (non-hydrogen) atoms. The summed E-state index contributed by atoms with van der Waals surface area (Å²) >= 11 is 0. The first-order chi connectivity index (χ1) is 27.0. The van der Waals surface area contributed by atoms with E-state index in [9.17, 15) is 19.4 Å². The topological polar surface area (TPSA) is 105 Å². The Kier molecular flexibility index (Phi) is 39.1. The normalized spacial score (nSPS) is 14.3. The monoisotopic (exact) mass is 816 g/mol. The van der Waals surface area contributed by atoms with Gasteiger partial charge in [0.05, 0.1) is 39.9 Å². The Hall–Kier alpha value is -0.760. The molecule has 0 bridgehead atoms. The second kappa shape index (κ2) is 39.7. The zero-order valence-corrected chi connectivity index (χ0v) is 38.8. The van der Waals surface area contributed by atoms with E-state index < -0.39 is 20.0 Å². The standard InChI is InChI=1S/C47H95N2O6P/c1-6-8-10-12-14-16-18-19-20-21-22-23-24-25-26-27-28-29-31-32-34-36-38-40-46(50)45(44-55-56(52,53)54-43-42-49(3,4)5)48-47(51)41-39-37-35-33-30-17-15-13-11-9-7-2/h38,40,45-46,50H,6-37,39,41-44H2,1-5H3,(H-,48,51,52,53)/p+1/b40-38+. The number of amides is 1. The van der Waals surface area contributed by atoms with Crippen molar-refractivity contribution in [1.29, 1.82) is 0 Å². The van der Waals surface area contributed by atoms with Gasteiger partial charge in [-0.05, 0) is 19.3 Å². The first kappa shape index (κ1) is 55.2. The summed E-state index contributed by atoms with van der Waals surface area (Å²) in [6.45, 7) is 4.83. The molecule has 3 unspecified atom stereocenters. The first-order valence-electron chi connectivity index (χ1n) is 24.1. The maximum Gasteiger partial charge on any atom is 0.472 e. The smallest absolute Gasteiger partial charge is 0.387 e. The quantitative estimate of drug-likeness (QED) is 0.0245. The van der Waals surface area contributed by atoms with Crippen molar-refractivity contribution in [2.24, 2.45) is 0 Å². The number of nitrogens with one attached hydrogen (secondary N) is 1. The highest BCUT2D eigenvalue weighted by Crippen LogP contribution is 2.43. The molecular weight excluding hydrogens is 719 g/mol. The minimum absolute atomic E-state index is 0.0646. The lowest BCUT2D eigenvalue weighted by Crippen LogP contribution is -2.45. The van der Waals surface area contributed by atoms with E-state index >= 15 is 0 Å². The first-order valence-corrected chi connectivity index (χ1v) is 25.6. The summed E-state index contributed by atoms with van der Waals surface area (Å²) < 4.78 is 23.6. The number of unbranched alkanes of at least 4 members (excludes halogenated alkanes) is 31. The molecule has 0 saturated carbocycles. The van der Waals surface area contributed by atoms with Crippen LogP contribution in [-0.2, 0) is 18.4 Å². The van der Waals surface area contributed by atoms with E-state index in [0.717, 1.165) is 32.1 Å². The number of hydrogen-bond acceptors (Lipinski definition) is 5. The van der Waals surface area contributed by atoms with Gasteiger partial charge in [-0.2, -0.15) is 0 Å². The van der Waals surface area contributed by atoms with Crippen molar-refractivity contribution >= 4 is 13.7 Å². The molecule has 0 aliphatic rings. The number of carbonyl (C=O) groups is 1. The van der Waals surface area contributed by atoms with E-state index in [1.165, 1.54) is 180 Å². The molecule has 9 heteroatoms. The van der Waals surface area contributed by atoms with Gasteiger partial charge in [0.2, 0.25) is 5.91 Å². The molecule has 0 rings (SSSR count). The van der Waals surface area contributed by atoms with Gasteiger partial charge >= 0.3 is 7.82 Å². The third-order valence-electron chi connectivity index (χ3n) is 11.0. The number of hydrogen-bond donors (Lipinski definition) is 3. The molecule has 334 valence electrons. The lowest BCUT2D eigenvalue weighted by Gasteiger charge is -2.25. The van der Waals surface area contributed by atoms with Crippen LogP contribution in [0, 0.1) is 0 Å². The van der Waals surface area contributed by atoms with Crippen LogP contribution in [-0.4, -0.2) is 73.4 Å². The molecule has 0 aromatic rings. The highest BCUT2D eigenvalue weighted by molar-refractivity contribution is 7.47. The number of phosphoric acid groups is 1. The summed E-state index contributed by atoms with van der Waals surface area (Å²) in [5.41, 5.74) is 0. The molecule has 0 aromatic carbocycles.